The van der Waals surface area contributed by atoms with Crippen LogP contribution in [0.5, 0.6) is 5.75 Å². The predicted octanol–water partition coefficient (Wildman–Crippen LogP) is 6.91. The summed E-state index contributed by atoms with van der Waals surface area (Å²) in [5.74, 6) is 0.628. The van der Waals surface area contributed by atoms with Crippen LogP contribution in [-0.2, 0) is 6.61 Å². The Morgan fingerprint density at radius 3 is 2.57 bits per heavy atom. The summed E-state index contributed by atoms with van der Waals surface area (Å²) in [6.45, 7) is 5.69. The van der Waals surface area contributed by atoms with Crippen LogP contribution in [0.4, 0.5) is 0 Å². The number of rotatable bonds is 6. The van der Waals surface area contributed by atoms with E-state index in [9.17, 15) is 9.59 Å². The number of nitrogens with zero attached hydrogens (tertiary/aromatic N) is 2. The van der Waals surface area contributed by atoms with Crippen LogP contribution in [0.3, 0.4) is 0 Å². The largest absolute Gasteiger partial charge is 0.484 e. The molecule has 0 saturated carbocycles. The van der Waals surface area contributed by atoms with Crippen molar-refractivity contribution >= 4 is 50.7 Å². The van der Waals surface area contributed by atoms with E-state index < -0.39 is 5.91 Å². The van der Waals surface area contributed by atoms with Crippen molar-refractivity contribution in [3.05, 3.63) is 103 Å². The Morgan fingerprint density at radius 2 is 1.84 bits per heavy atom. The van der Waals surface area contributed by atoms with Crippen molar-refractivity contribution in [2.75, 3.05) is 5.43 Å². The number of hydrogen-bond donors (Lipinski definition) is 1. The van der Waals surface area contributed by atoms with Gasteiger partial charge < -0.3 is 9.15 Å². The first-order chi connectivity index (χ1) is 17.7. The van der Waals surface area contributed by atoms with Gasteiger partial charge in [-0.05, 0) is 56.7 Å². The average molecular weight is 554 g/mol. The van der Waals surface area contributed by atoms with Crippen LogP contribution < -0.4 is 15.7 Å². The SMILES string of the molecule is Cc1ccc(-c2c(C)sc3nc(C)n(NC(=O)c4ccc(COc5ccc(Cl)cc5Cl)o4)c(=O)c23)cc1. The minimum absolute atomic E-state index is 0.0208. The molecule has 1 amide bonds. The van der Waals surface area contributed by atoms with Crippen LogP contribution in [0.2, 0.25) is 10.0 Å². The van der Waals surface area contributed by atoms with E-state index in [2.05, 4.69) is 10.4 Å². The fraction of sp³-hybridized carbons (Fsp3) is 0.148. The van der Waals surface area contributed by atoms with Gasteiger partial charge in [-0.1, -0.05) is 53.0 Å². The van der Waals surface area contributed by atoms with Crippen molar-refractivity contribution < 1.29 is 13.9 Å². The number of furan rings is 1. The molecule has 0 bridgehead atoms. The highest BCUT2D eigenvalue weighted by atomic mass is 35.5. The first-order valence-electron chi connectivity index (χ1n) is 11.3. The first-order valence-corrected chi connectivity index (χ1v) is 12.9. The maximum atomic E-state index is 13.6. The van der Waals surface area contributed by atoms with Gasteiger partial charge in [-0.15, -0.1) is 11.3 Å². The number of carbonyl (C=O) groups is 1. The van der Waals surface area contributed by atoms with Gasteiger partial charge in [0.05, 0.1) is 10.4 Å². The minimum Gasteiger partial charge on any atom is -0.484 e. The van der Waals surface area contributed by atoms with Gasteiger partial charge in [0.2, 0.25) is 0 Å². The lowest BCUT2D eigenvalue weighted by Crippen LogP contribution is -2.35. The third kappa shape index (κ3) is 5.00. The van der Waals surface area contributed by atoms with E-state index >= 15 is 0 Å². The van der Waals surface area contributed by atoms with Crippen molar-refractivity contribution in [3.8, 4) is 16.9 Å². The molecule has 0 spiro atoms. The van der Waals surface area contributed by atoms with Gasteiger partial charge in [0, 0.05) is 15.5 Å². The number of fused-ring (bicyclic) bond motifs is 1. The average Bonchev–Trinajstić information content (AvgIpc) is 3.46. The van der Waals surface area contributed by atoms with Crippen LogP contribution in [0, 0.1) is 20.8 Å². The fourth-order valence-electron chi connectivity index (χ4n) is 3.94. The second-order valence-electron chi connectivity index (χ2n) is 8.45. The summed E-state index contributed by atoms with van der Waals surface area (Å²) in [6.07, 6.45) is 0. The van der Waals surface area contributed by atoms with Crippen LogP contribution in [-0.4, -0.2) is 15.6 Å². The molecule has 0 radical (unpaired) electrons. The number of hydrogen-bond acceptors (Lipinski definition) is 6. The van der Waals surface area contributed by atoms with Crippen LogP contribution >= 0.6 is 34.5 Å². The number of aryl methyl sites for hydroxylation is 3. The van der Waals surface area contributed by atoms with Gasteiger partial charge in [0.25, 0.3) is 5.56 Å². The Labute approximate surface area is 226 Å². The van der Waals surface area contributed by atoms with Gasteiger partial charge in [0.15, 0.2) is 5.76 Å². The Balaban J connectivity index is 1.40. The van der Waals surface area contributed by atoms with Crippen LogP contribution in [0.25, 0.3) is 21.3 Å². The van der Waals surface area contributed by atoms with E-state index in [1.54, 1.807) is 31.2 Å². The summed E-state index contributed by atoms with van der Waals surface area (Å²) in [6, 6.07) is 16.0. The smallest absolute Gasteiger partial charge is 0.305 e. The summed E-state index contributed by atoms with van der Waals surface area (Å²) < 4.78 is 12.5. The quantitative estimate of drug-likeness (QED) is 0.247. The lowest BCUT2D eigenvalue weighted by atomic mass is 10.0. The van der Waals surface area contributed by atoms with Crippen molar-refractivity contribution in [1.29, 1.82) is 0 Å². The van der Waals surface area contributed by atoms with Gasteiger partial charge in [-0.2, -0.15) is 0 Å². The highest BCUT2D eigenvalue weighted by molar-refractivity contribution is 7.19. The van der Waals surface area contributed by atoms with Gasteiger partial charge in [-0.3, -0.25) is 15.0 Å². The molecular weight excluding hydrogens is 533 g/mol. The summed E-state index contributed by atoms with van der Waals surface area (Å²) in [5, 5.41) is 1.32. The van der Waals surface area contributed by atoms with Gasteiger partial charge >= 0.3 is 5.91 Å². The molecule has 3 heterocycles. The second-order valence-corrected chi connectivity index (χ2v) is 10.5. The topological polar surface area (TPSA) is 86.4 Å². The highest BCUT2D eigenvalue weighted by Crippen LogP contribution is 2.35. The highest BCUT2D eigenvalue weighted by Gasteiger charge is 2.21. The van der Waals surface area contributed by atoms with Crippen molar-refractivity contribution in [2.45, 2.75) is 27.4 Å². The molecule has 0 aliphatic carbocycles. The summed E-state index contributed by atoms with van der Waals surface area (Å²) in [7, 11) is 0. The molecule has 188 valence electrons. The zero-order chi connectivity index (χ0) is 26.3. The van der Waals surface area contributed by atoms with Crippen molar-refractivity contribution in [2.24, 2.45) is 0 Å². The number of halogens is 2. The molecule has 5 rings (SSSR count). The molecular formula is C27H21Cl2N3O4S. The fourth-order valence-corrected chi connectivity index (χ4v) is 5.48. The molecule has 0 aliphatic rings. The molecule has 7 nitrogen and oxygen atoms in total. The monoisotopic (exact) mass is 553 g/mol. The van der Waals surface area contributed by atoms with E-state index in [4.69, 9.17) is 32.4 Å². The lowest BCUT2D eigenvalue weighted by Gasteiger charge is -2.11. The third-order valence-corrected chi connectivity index (χ3v) is 7.30. The number of carbonyl (C=O) groups excluding carboxylic acids is 1. The zero-order valence-electron chi connectivity index (χ0n) is 20.1. The molecule has 3 aromatic heterocycles. The predicted molar refractivity (Wildman–Crippen MR) is 147 cm³/mol. The summed E-state index contributed by atoms with van der Waals surface area (Å²) in [4.78, 5) is 32.7. The molecule has 5 aromatic rings. The van der Waals surface area contributed by atoms with Crippen LogP contribution in [0.15, 0.2) is 63.8 Å². The number of nitrogens with one attached hydrogen (secondary N) is 1. The second kappa shape index (κ2) is 10.0. The molecule has 1 N–H and O–H groups in total. The van der Waals surface area contributed by atoms with E-state index in [0.717, 1.165) is 26.2 Å². The maximum Gasteiger partial charge on any atom is 0.305 e. The molecule has 10 heteroatoms. The number of benzene rings is 2. The normalized spacial score (nSPS) is 11.2. The Kier molecular flexibility index (Phi) is 6.81. The molecule has 2 aromatic carbocycles. The molecule has 0 fully saturated rings. The summed E-state index contributed by atoms with van der Waals surface area (Å²) >= 11 is 13.5. The zero-order valence-corrected chi connectivity index (χ0v) is 22.4. The molecule has 0 unspecified atom stereocenters. The number of aromatic nitrogens is 2. The molecule has 37 heavy (non-hydrogen) atoms. The molecule has 0 saturated heterocycles. The first kappa shape index (κ1) is 25.1. The van der Waals surface area contributed by atoms with Gasteiger partial charge in [0.1, 0.15) is 28.8 Å². The Hall–Kier alpha value is -3.59. The maximum absolute atomic E-state index is 13.6. The summed E-state index contributed by atoms with van der Waals surface area (Å²) in [5.41, 5.74) is 5.13. The Bertz CT molecular complexity index is 1700. The van der Waals surface area contributed by atoms with Crippen molar-refractivity contribution in [3.63, 3.8) is 0 Å². The third-order valence-electron chi connectivity index (χ3n) is 5.77. The van der Waals surface area contributed by atoms with Crippen molar-refractivity contribution in [1.82, 2.24) is 9.66 Å². The number of amides is 1. The lowest BCUT2D eigenvalue weighted by molar-refractivity contribution is 0.0976. The minimum atomic E-state index is -0.592. The number of thiophene rings is 1. The van der Waals surface area contributed by atoms with Crippen LogP contribution in [0.1, 0.15) is 32.6 Å². The molecule has 0 aliphatic heterocycles. The number of ether oxygens (including phenoxy) is 1. The van der Waals surface area contributed by atoms with E-state index in [-0.39, 0.29) is 17.9 Å². The Morgan fingerprint density at radius 1 is 1.08 bits per heavy atom. The van der Waals surface area contributed by atoms with Gasteiger partial charge in [-0.25, -0.2) is 9.66 Å². The van der Waals surface area contributed by atoms with E-state index in [0.29, 0.717) is 37.6 Å². The standard InChI is InChI=1S/C27H21Cl2N3O4S/c1-14-4-6-17(7-5-14)23-15(2)37-26-24(23)27(34)32(16(3)30-26)31-25(33)22-11-9-19(36-22)13-35-21-10-8-18(28)12-20(21)29/h4-12H,13H2,1-3H3,(H,31,33). The van der Waals surface area contributed by atoms with E-state index in [1.165, 1.54) is 17.4 Å². The molecule has 0 atom stereocenters. The van der Waals surface area contributed by atoms with E-state index in [1.807, 2.05) is 38.1 Å².